The van der Waals surface area contributed by atoms with Crippen LogP contribution in [0.1, 0.15) is 50.5 Å². The number of benzene rings is 1. The second-order valence-electron chi connectivity index (χ2n) is 7.83. The molecule has 0 spiro atoms. The van der Waals surface area contributed by atoms with Crippen LogP contribution in [0.3, 0.4) is 0 Å². The third kappa shape index (κ3) is 7.57. The number of aryl methyl sites for hydroxylation is 1. The average molecular weight is 427 g/mol. The molecule has 0 atom stereocenters. The molecule has 1 heterocycles. The zero-order valence-corrected chi connectivity index (χ0v) is 17.9. The molecule has 0 radical (unpaired) electrons. The van der Waals surface area contributed by atoms with Crippen LogP contribution >= 0.6 is 0 Å². The highest BCUT2D eigenvalue weighted by atomic mass is 19.4. The zero-order chi connectivity index (χ0) is 22.4. The molecule has 2 rings (SSSR count). The molecule has 2 aromatic rings. The molecule has 30 heavy (non-hydrogen) atoms. The Morgan fingerprint density at radius 2 is 1.93 bits per heavy atom. The normalized spacial score (nSPS) is 12.7. The van der Waals surface area contributed by atoms with Gasteiger partial charge in [-0.25, -0.2) is 4.99 Å². The number of nitrogens with one attached hydrogen (secondary N) is 2. The number of rotatable bonds is 7. The topological polar surface area (TPSA) is 84.6 Å². The van der Waals surface area contributed by atoms with Crippen molar-refractivity contribution in [3.8, 4) is 5.75 Å². The van der Waals surface area contributed by atoms with Crippen LogP contribution < -0.4 is 15.4 Å². The zero-order valence-electron chi connectivity index (χ0n) is 17.9. The van der Waals surface area contributed by atoms with E-state index >= 15 is 0 Å². The van der Waals surface area contributed by atoms with Crippen LogP contribution in [0.4, 0.5) is 13.2 Å². The molecular formula is C20H28F3N5O2. The largest absolute Gasteiger partial charge is 0.484 e. The molecule has 166 valence electrons. The van der Waals surface area contributed by atoms with Gasteiger partial charge < -0.3 is 19.9 Å². The molecule has 0 aliphatic rings. The fraction of sp³-hybridized carbons (Fsp3) is 0.550. The second kappa shape index (κ2) is 9.82. The number of halogens is 3. The molecule has 1 aromatic carbocycles. The van der Waals surface area contributed by atoms with Gasteiger partial charge >= 0.3 is 6.18 Å². The second-order valence-corrected chi connectivity index (χ2v) is 7.83. The van der Waals surface area contributed by atoms with Gasteiger partial charge in [0.2, 0.25) is 5.89 Å². The maximum Gasteiger partial charge on any atom is 0.422 e. The number of alkyl halides is 3. The number of guanidine groups is 1. The Bertz CT molecular complexity index is 857. The van der Waals surface area contributed by atoms with Crippen molar-refractivity contribution in [2.45, 2.75) is 59.3 Å². The quantitative estimate of drug-likeness (QED) is 0.516. The molecule has 0 bridgehead atoms. The molecule has 0 aliphatic carbocycles. The predicted molar refractivity (Wildman–Crippen MR) is 107 cm³/mol. The molecule has 10 heteroatoms. The first-order chi connectivity index (χ1) is 14.0. The van der Waals surface area contributed by atoms with Gasteiger partial charge in [-0.3, -0.25) is 0 Å². The smallest absolute Gasteiger partial charge is 0.422 e. The Morgan fingerprint density at radius 3 is 2.53 bits per heavy atom. The van der Waals surface area contributed by atoms with E-state index < -0.39 is 12.8 Å². The van der Waals surface area contributed by atoms with E-state index in [-0.39, 0.29) is 24.3 Å². The lowest BCUT2D eigenvalue weighted by atomic mass is 9.97. The van der Waals surface area contributed by atoms with Gasteiger partial charge in [0.05, 0.1) is 13.1 Å². The van der Waals surface area contributed by atoms with E-state index in [0.29, 0.717) is 29.8 Å². The standard InChI is InChI=1S/C20H28F3N5O2/c1-6-24-18(26-11-16-27-17(30-28-16)19(3,4)5)25-10-14-8-7-13(2)9-15(14)29-12-20(21,22)23/h7-9H,6,10-12H2,1-5H3,(H2,24,25,26). The van der Waals surface area contributed by atoms with Crippen LogP contribution in [0.25, 0.3) is 0 Å². The molecular weight excluding hydrogens is 399 g/mol. The minimum absolute atomic E-state index is 0.141. The predicted octanol–water partition coefficient (Wildman–Crippen LogP) is 3.87. The number of aliphatic imine (C=N–C) groups is 1. The summed E-state index contributed by atoms with van der Waals surface area (Å²) in [5, 5.41) is 10.1. The van der Waals surface area contributed by atoms with Crippen molar-refractivity contribution in [1.29, 1.82) is 0 Å². The maximum absolute atomic E-state index is 12.5. The Morgan fingerprint density at radius 1 is 1.20 bits per heavy atom. The molecule has 2 N–H and O–H groups in total. The lowest BCUT2D eigenvalue weighted by Gasteiger charge is -2.14. The van der Waals surface area contributed by atoms with Crippen molar-refractivity contribution in [3.05, 3.63) is 41.0 Å². The molecule has 0 fully saturated rings. The Balaban J connectivity index is 2.08. The molecule has 1 aromatic heterocycles. The fourth-order valence-corrected chi connectivity index (χ4v) is 2.39. The van der Waals surface area contributed by atoms with E-state index in [0.717, 1.165) is 5.56 Å². The maximum atomic E-state index is 12.5. The summed E-state index contributed by atoms with van der Waals surface area (Å²) in [6.45, 7) is 9.31. The summed E-state index contributed by atoms with van der Waals surface area (Å²) >= 11 is 0. The van der Waals surface area contributed by atoms with Crippen LogP contribution in [0.15, 0.2) is 27.7 Å². The number of aromatic nitrogens is 2. The summed E-state index contributed by atoms with van der Waals surface area (Å²) in [6.07, 6.45) is -4.41. The third-order valence-corrected chi connectivity index (χ3v) is 3.89. The highest BCUT2D eigenvalue weighted by Gasteiger charge is 2.28. The van der Waals surface area contributed by atoms with Gasteiger partial charge in [-0.15, -0.1) is 0 Å². The van der Waals surface area contributed by atoms with Crippen molar-refractivity contribution in [2.24, 2.45) is 4.99 Å². The number of nitrogens with zero attached hydrogens (tertiary/aromatic N) is 3. The minimum Gasteiger partial charge on any atom is -0.484 e. The van der Waals surface area contributed by atoms with Gasteiger partial charge in [-0.05, 0) is 25.5 Å². The summed E-state index contributed by atoms with van der Waals surface area (Å²) < 4.78 is 47.8. The van der Waals surface area contributed by atoms with E-state index in [1.165, 1.54) is 0 Å². The van der Waals surface area contributed by atoms with Crippen molar-refractivity contribution in [2.75, 3.05) is 13.2 Å². The van der Waals surface area contributed by atoms with E-state index in [9.17, 15) is 13.2 Å². The lowest BCUT2D eigenvalue weighted by molar-refractivity contribution is -0.153. The summed E-state index contributed by atoms with van der Waals surface area (Å²) in [7, 11) is 0. The summed E-state index contributed by atoms with van der Waals surface area (Å²) in [5.74, 6) is 1.66. The van der Waals surface area contributed by atoms with E-state index in [1.807, 2.05) is 27.7 Å². The van der Waals surface area contributed by atoms with Crippen LogP contribution in [0, 0.1) is 6.92 Å². The summed E-state index contributed by atoms with van der Waals surface area (Å²) in [4.78, 5) is 8.79. The number of ether oxygens (including phenoxy) is 1. The molecule has 0 unspecified atom stereocenters. The van der Waals surface area contributed by atoms with Crippen molar-refractivity contribution >= 4 is 5.96 Å². The van der Waals surface area contributed by atoms with Gasteiger partial charge in [0.15, 0.2) is 18.4 Å². The Kier molecular flexibility index (Phi) is 7.69. The van der Waals surface area contributed by atoms with Gasteiger partial charge in [0.1, 0.15) is 5.75 Å². The lowest BCUT2D eigenvalue weighted by Crippen LogP contribution is -2.37. The fourth-order valence-electron chi connectivity index (χ4n) is 2.39. The summed E-state index contributed by atoms with van der Waals surface area (Å²) in [6, 6.07) is 5.09. The third-order valence-electron chi connectivity index (χ3n) is 3.89. The molecule has 0 aliphatic heterocycles. The van der Waals surface area contributed by atoms with E-state index in [1.54, 1.807) is 25.1 Å². The van der Waals surface area contributed by atoms with Gasteiger partial charge in [0.25, 0.3) is 0 Å². The van der Waals surface area contributed by atoms with Crippen LogP contribution in [-0.2, 0) is 18.5 Å². The van der Waals surface area contributed by atoms with Crippen molar-refractivity contribution in [3.63, 3.8) is 0 Å². The summed E-state index contributed by atoms with van der Waals surface area (Å²) in [5.41, 5.74) is 1.11. The number of hydrogen-bond acceptors (Lipinski definition) is 5. The molecule has 0 saturated heterocycles. The van der Waals surface area contributed by atoms with Gasteiger partial charge in [-0.1, -0.05) is 38.1 Å². The monoisotopic (exact) mass is 427 g/mol. The minimum atomic E-state index is -4.41. The molecule has 7 nitrogen and oxygen atoms in total. The highest BCUT2D eigenvalue weighted by Crippen LogP contribution is 2.24. The SMILES string of the molecule is CCNC(=NCc1ccc(C)cc1OCC(F)(F)F)NCc1noc(C(C)(C)C)n1. The Labute approximate surface area is 174 Å². The average Bonchev–Trinajstić information content (AvgIpc) is 3.12. The van der Waals surface area contributed by atoms with Gasteiger partial charge in [-0.2, -0.15) is 18.2 Å². The highest BCUT2D eigenvalue weighted by molar-refractivity contribution is 5.79. The van der Waals surface area contributed by atoms with E-state index in [2.05, 4.69) is 25.8 Å². The van der Waals surface area contributed by atoms with Gasteiger partial charge in [0, 0.05) is 17.5 Å². The van der Waals surface area contributed by atoms with Crippen LogP contribution in [-0.4, -0.2) is 35.4 Å². The van der Waals surface area contributed by atoms with Crippen LogP contribution in [0.5, 0.6) is 5.75 Å². The number of hydrogen-bond donors (Lipinski definition) is 2. The van der Waals surface area contributed by atoms with Crippen LogP contribution in [0.2, 0.25) is 0 Å². The van der Waals surface area contributed by atoms with Crippen molar-refractivity contribution < 1.29 is 22.4 Å². The van der Waals surface area contributed by atoms with Crippen molar-refractivity contribution in [1.82, 2.24) is 20.8 Å². The Hall–Kier alpha value is -2.78. The molecule has 0 amide bonds. The van der Waals surface area contributed by atoms with E-state index in [4.69, 9.17) is 9.26 Å². The first kappa shape index (κ1) is 23.5. The first-order valence-corrected chi connectivity index (χ1v) is 9.62. The first-order valence-electron chi connectivity index (χ1n) is 9.62. The molecule has 0 saturated carbocycles.